The van der Waals surface area contributed by atoms with E-state index < -0.39 is 17.7 Å². The fourth-order valence-electron chi connectivity index (χ4n) is 2.63. The van der Waals surface area contributed by atoms with Gasteiger partial charge in [0, 0.05) is 18.8 Å². The molecule has 0 unspecified atom stereocenters. The van der Waals surface area contributed by atoms with Gasteiger partial charge in [-0.25, -0.2) is 18.6 Å². The molecule has 0 saturated carbocycles. The first-order valence-corrected chi connectivity index (χ1v) is 7.61. The normalized spacial score (nSPS) is 12.7. The largest absolute Gasteiger partial charge is 0.391 e. The molecule has 7 heteroatoms. The topological polar surface area (TPSA) is 60.1 Å². The first-order chi connectivity index (χ1) is 11.4. The standard InChI is InChI=1S/C17H17F2N3O2/c1-3-12(23)9-22-15-7-11(8-20-16(15)21(2)17(22)24)10-4-5-13(18)14(19)6-10/h4-8,12,23H,3,9H2,1-2H3/t12-/m1/s1. The van der Waals surface area contributed by atoms with Gasteiger partial charge < -0.3 is 5.11 Å². The molecule has 0 aliphatic rings. The summed E-state index contributed by atoms with van der Waals surface area (Å²) in [5.41, 5.74) is 1.74. The van der Waals surface area contributed by atoms with Crippen LogP contribution in [0, 0.1) is 11.6 Å². The molecule has 24 heavy (non-hydrogen) atoms. The van der Waals surface area contributed by atoms with Crippen LogP contribution >= 0.6 is 0 Å². The SMILES string of the molecule is CC[C@@H](O)Cn1c(=O)n(C)c2ncc(-c3ccc(F)c(F)c3)cc21. The zero-order chi connectivity index (χ0) is 17.4. The lowest BCUT2D eigenvalue weighted by molar-refractivity contribution is 0.150. The number of aliphatic hydroxyl groups is 1. The summed E-state index contributed by atoms with van der Waals surface area (Å²) in [5, 5.41) is 9.88. The van der Waals surface area contributed by atoms with E-state index in [-0.39, 0.29) is 12.2 Å². The van der Waals surface area contributed by atoms with Gasteiger partial charge >= 0.3 is 5.69 Å². The van der Waals surface area contributed by atoms with Crippen molar-refractivity contribution < 1.29 is 13.9 Å². The number of benzene rings is 1. The van der Waals surface area contributed by atoms with Crippen LogP contribution < -0.4 is 5.69 Å². The average Bonchev–Trinajstić information content (AvgIpc) is 2.81. The van der Waals surface area contributed by atoms with E-state index in [0.29, 0.717) is 28.7 Å². The molecule has 0 amide bonds. The Hall–Kier alpha value is -2.54. The summed E-state index contributed by atoms with van der Waals surface area (Å²) in [6.07, 6.45) is 1.37. The summed E-state index contributed by atoms with van der Waals surface area (Å²) in [7, 11) is 1.60. The second kappa shape index (κ2) is 6.16. The van der Waals surface area contributed by atoms with E-state index in [0.717, 1.165) is 12.1 Å². The quantitative estimate of drug-likeness (QED) is 0.798. The van der Waals surface area contributed by atoms with E-state index in [2.05, 4.69) is 4.98 Å². The maximum absolute atomic E-state index is 13.5. The van der Waals surface area contributed by atoms with Gasteiger partial charge in [0.2, 0.25) is 0 Å². The van der Waals surface area contributed by atoms with Crippen molar-refractivity contribution in [3.63, 3.8) is 0 Å². The van der Waals surface area contributed by atoms with Crippen molar-refractivity contribution in [3.05, 3.63) is 52.6 Å². The molecule has 3 rings (SSSR count). The Kier molecular flexibility index (Phi) is 4.19. The van der Waals surface area contributed by atoms with Crippen LogP contribution in [-0.2, 0) is 13.6 Å². The highest BCUT2D eigenvalue weighted by atomic mass is 19.2. The van der Waals surface area contributed by atoms with Gasteiger partial charge in [-0.2, -0.15) is 0 Å². The fourth-order valence-corrected chi connectivity index (χ4v) is 2.63. The van der Waals surface area contributed by atoms with Crippen LogP contribution in [0.2, 0.25) is 0 Å². The Balaban J connectivity index is 2.17. The number of pyridine rings is 1. The Morgan fingerprint density at radius 3 is 2.62 bits per heavy atom. The molecule has 5 nitrogen and oxygen atoms in total. The van der Waals surface area contributed by atoms with Crippen molar-refractivity contribution in [1.82, 2.24) is 14.1 Å². The van der Waals surface area contributed by atoms with Crippen LogP contribution in [0.4, 0.5) is 8.78 Å². The zero-order valence-electron chi connectivity index (χ0n) is 13.3. The third-order valence-corrected chi connectivity index (χ3v) is 4.09. The minimum absolute atomic E-state index is 0.148. The van der Waals surface area contributed by atoms with Crippen molar-refractivity contribution in [2.24, 2.45) is 7.05 Å². The van der Waals surface area contributed by atoms with Crippen LogP contribution in [0.3, 0.4) is 0 Å². The highest BCUT2D eigenvalue weighted by Gasteiger charge is 2.15. The number of aliphatic hydroxyl groups excluding tert-OH is 1. The second-order valence-electron chi connectivity index (χ2n) is 5.71. The molecule has 126 valence electrons. The summed E-state index contributed by atoms with van der Waals surface area (Å²) in [4.78, 5) is 16.6. The monoisotopic (exact) mass is 333 g/mol. The molecule has 0 aliphatic heterocycles. The number of aryl methyl sites for hydroxylation is 1. The molecule has 1 N–H and O–H groups in total. The van der Waals surface area contributed by atoms with Crippen LogP contribution in [0.15, 0.2) is 35.3 Å². The van der Waals surface area contributed by atoms with E-state index in [9.17, 15) is 18.7 Å². The van der Waals surface area contributed by atoms with Crippen LogP contribution in [-0.4, -0.2) is 25.3 Å². The first-order valence-electron chi connectivity index (χ1n) is 7.61. The van der Waals surface area contributed by atoms with E-state index in [1.165, 1.54) is 21.4 Å². The van der Waals surface area contributed by atoms with Crippen molar-refractivity contribution in [3.8, 4) is 11.1 Å². The van der Waals surface area contributed by atoms with Crippen molar-refractivity contribution in [2.75, 3.05) is 0 Å². The molecule has 0 saturated heterocycles. The van der Waals surface area contributed by atoms with Gasteiger partial charge in [-0.15, -0.1) is 0 Å². The molecular weight excluding hydrogens is 316 g/mol. The smallest absolute Gasteiger partial charge is 0.330 e. The lowest BCUT2D eigenvalue weighted by Gasteiger charge is -2.09. The molecule has 1 atom stereocenters. The summed E-state index contributed by atoms with van der Waals surface area (Å²) in [5.74, 6) is -1.87. The molecule has 0 spiro atoms. The molecule has 2 aromatic heterocycles. The van der Waals surface area contributed by atoms with Crippen LogP contribution in [0.5, 0.6) is 0 Å². The van der Waals surface area contributed by atoms with Gasteiger partial charge in [0.25, 0.3) is 0 Å². The van der Waals surface area contributed by atoms with Gasteiger partial charge in [-0.05, 0) is 30.2 Å². The fraction of sp³-hybridized carbons (Fsp3) is 0.294. The van der Waals surface area contributed by atoms with Gasteiger partial charge in [-0.1, -0.05) is 13.0 Å². The van der Waals surface area contributed by atoms with Crippen molar-refractivity contribution >= 4 is 11.2 Å². The summed E-state index contributed by atoms with van der Waals surface area (Å²) < 4.78 is 29.4. The number of hydrogen-bond acceptors (Lipinski definition) is 3. The predicted molar refractivity (Wildman–Crippen MR) is 86.6 cm³/mol. The third kappa shape index (κ3) is 2.71. The molecule has 0 radical (unpaired) electrons. The Morgan fingerprint density at radius 2 is 1.96 bits per heavy atom. The van der Waals surface area contributed by atoms with E-state index in [1.807, 2.05) is 6.92 Å². The highest BCUT2D eigenvalue weighted by Crippen LogP contribution is 2.24. The molecule has 0 bridgehead atoms. The molecule has 2 heterocycles. The summed E-state index contributed by atoms with van der Waals surface area (Å²) >= 11 is 0. The minimum Gasteiger partial charge on any atom is -0.391 e. The molecular formula is C17H17F2N3O2. The van der Waals surface area contributed by atoms with Crippen molar-refractivity contribution in [1.29, 1.82) is 0 Å². The number of fused-ring (bicyclic) bond motifs is 1. The van der Waals surface area contributed by atoms with Gasteiger partial charge in [0.15, 0.2) is 17.3 Å². The Bertz CT molecular complexity index is 962. The van der Waals surface area contributed by atoms with Gasteiger partial charge in [-0.3, -0.25) is 9.13 Å². The molecule has 1 aromatic carbocycles. The lowest BCUT2D eigenvalue weighted by Crippen LogP contribution is -2.27. The molecule has 0 fully saturated rings. The number of hydrogen-bond donors (Lipinski definition) is 1. The summed E-state index contributed by atoms with van der Waals surface area (Å²) in [6, 6.07) is 5.28. The summed E-state index contributed by atoms with van der Waals surface area (Å²) in [6.45, 7) is 1.97. The van der Waals surface area contributed by atoms with E-state index >= 15 is 0 Å². The van der Waals surface area contributed by atoms with E-state index in [4.69, 9.17) is 0 Å². The number of rotatable bonds is 4. The molecule has 3 aromatic rings. The number of nitrogens with zero attached hydrogens (tertiary/aromatic N) is 3. The molecule has 0 aliphatic carbocycles. The van der Waals surface area contributed by atoms with Gasteiger partial charge in [0.05, 0.1) is 18.2 Å². The maximum Gasteiger partial charge on any atom is 0.330 e. The second-order valence-corrected chi connectivity index (χ2v) is 5.71. The average molecular weight is 333 g/mol. The lowest BCUT2D eigenvalue weighted by atomic mass is 10.1. The van der Waals surface area contributed by atoms with E-state index in [1.54, 1.807) is 13.1 Å². The first kappa shape index (κ1) is 16.3. The van der Waals surface area contributed by atoms with Gasteiger partial charge in [0.1, 0.15) is 0 Å². The van der Waals surface area contributed by atoms with Crippen LogP contribution in [0.25, 0.3) is 22.3 Å². The Morgan fingerprint density at radius 1 is 1.21 bits per heavy atom. The maximum atomic E-state index is 13.5. The van der Waals surface area contributed by atoms with Crippen LogP contribution in [0.1, 0.15) is 13.3 Å². The third-order valence-electron chi connectivity index (χ3n) is 4.09. The highest BCUT2D eigenvalue weighted by molar-refractivity contribution is 5.78. The predicted octanol–water partition coefficient (Wildman–Crippen LogP) is 2.45. The minimum atomic E-state index is -0.945. The Labute approximate surface area is 136 Å². The zero-order valence-corrected chi connectivity index (χ0v) is 13.3. The van der Waals surface area contributed by atoms with Crippen molar-refractivity contribution in [2.45, 2.75) is 26.0 Å². The number of halogens is 2. The number of imidazole rings is 1. The number of aromatic nitrogens is 3.